The average Bonchev–Trinajstić information content (AvgIpc) is 3.24. The number of hydrogen-bond acceptors (Lipinski definition) is 6. The van der Waals surface area contributed by atoms with Crippen molar-refractivity contribution >= 4 is 40.3 Å². The number of nitrogens with zero attached hydrogens (tertiary/aromatic N) is 3. The zero-order valence-electron chi connectivity index (χ0n) is 15.5. The van der Waals surface area contributed by atoms with Crippen LogP contribution in [-0.4, -0.2) is 45.7 Å². The number of ether oxygens (including phenoxy) is 2. The van der Waals surface area contributed by atoms with E-state index in [1.54, 1.807) is 25.3 Å². The van der Waals surface area contributed by atoms with Gasteiger partial charge in [0.1, 0.15) is 4.32 Å². The summed E-state index contributed by atoms with van der Waals surface area (Å²) in [7, 11) is 3.21. The predicted octanol–water partition coefficient (Wildman–Crippen LogP) is 3.36. The third-order valence-corrected chi connectivity index (χ3v) is 5.60. The molecular formula is C19H21N3O3S2. The molecule has 1 amide bonds. The summed E-state index contributed by atoms with van der Waals surface area (Å²) in [5, 5.41) is 4.23. The largest absolute Gasteiger partial charge is 0.493 e. The van der Waals surface area contributed by atoms with E-state index in [9.17, 15) is 4.79 Å². The highest BCUT2D eigenvalue weighted by Gasteiger charge is 2.31. The van der Waals surface area contributed by atoms with Gasteiger partial charge in [-0.3, -0.25) is 14.4 Å². The quantitative estimate of drug-likeness (QED) is 0.522. The topological polar surface area (TPSA) is 56.6 Å². The van der Waals surface area contributed by atoms with Crippen LogP contribution in [0.3, 0.4) is 0 Å². The van der Waals surface area contributed by atoms with Crippen molar-refractivity contribution in [3.05, 3.63) is 46.6 Å². The van der Waals surface area contributed by atoms with Gasteiger partial charge in [0.15, 0.2) is 11.5 Å². The monoisotopic (exact) mass is 403 g/mol. The van der Waals surface area contributed by atoms with Gasteiger partial charge in [0.25, 0.3) is 5.91 Å². The van der Waals surface area contributed by atoms with Gasteiger partial charge in [-0.25, -0.2) is 0 Å². The van der Waals surface area contributed by atoms with Gasteiger partial charge in [-0.1, -0.05) is 30.0 Å². The van der Waals surface area contributed by atoms with Crippen LogP contribution in [0.15, 0.2) is 35.5 Å². The van der Waals surface area contributed by atoms with Gasteiger partial charge in [-0.15, -0.1) is 0 Å². The molecule has 1 saturated heterocycles. The lowest BCUT2D eigenvalue weighted by Gasteiger charge is -2.15. The molecule has 0 unspecified atom stereocenters. The SMILES string of the molecule is CCn1cc(/C=C2/SC(=S)N(CCc3ccc(OC)c(OC)c3)C2=O)cn1. The Kier molecular flexibility index (Phi) is 6.18. The number of aryl methyl sites for hydroxylation is 1. The fourth-order valence-corrected chi connectivity index (χ4v) is 4.06. The van der Waals surface area contributed by atoms with Crippen molar-refractivity contribution in [3.8, 4) is 11.5 Å². The van der Waals surface area contributed by atoms with E-state index in [2.05, 4.69) is 5.10 Å². The van der Waals surface area contributed by atoms with Gasteiger partial charge in [0, 0.05) is 24.8 Å². The highest BCUT2D eigenvalue weighted by Crippen LogP contribution is 2.33. The minimum atomic E-state index is -0.0604. The van der Waals surface area contributed by atoms with Gasteiger partial charge >= 0.3 is 0 Å². The van der Waals surface area contributed by atoms with E-state index in [0.717, 1.165) is 17.7 Å². The molecule has 0 atom stereocenters. The maximum absolute atomic E-state index is 12.7. The summed E-state index contributed by atoms with van der Waals surface area (Å²) in [5.74, 6) is 1.30. The van der Waals surface area contributed by atoms with Crippen molar-refractivity contribution < 1.29 is 14.3 Å². The number of hydrogen-bond donors (Lipinski definition) is 0. The van der Waals surface area contributed by atoms with Crippen LogP contribution >= 0.6 is 24.0 Å². The highest BCUT2D eigenvalue weighted by molar-refractivity contribution is 8.26. The van der Waals surface area contributed by atoms with Crippen LogP contribution in [0.5, 0.6) is 11.5 Å². The minimum absolute atomic E-state index is 0.0604. The van der Waals surface area contributed by atoms with E-state index >= 15 is 0 Å². The molecule has 1 aliphatic heterocycles. The summed E-state index contributed by atoms with van der Waals surface area (Å²) < 4.78 is 13.0. The molecule has 1 aliphatic rings. The predicted molar refractivity (Wildman–Crippen MR) is 111 cm³/mol. The standard InChI is InChI=1S/C19H21N3O3S2/c1-4-21-12-14(11-20-21)10-17-18(23)22(19(26)27-17)8-7-13-5-6-15(24-2)16(9-13)25-3/h5-6,9-12H,4,7-8H2,1-3H3/b17-10+. The first-order chi connectivity index (χ1) is 13.0. The Morgan fingerprint density at radius 2 is 2.04 bits per heavy atom. The molecule has 27 heavy (non-hydrogen) atoms. The van der Waals surface area contributed by atoms with Gasteiger partial charge < -0.3 is 9.47 Å². The zero-order chi connectivity index (χ0) is 19.4. The van der Waals surface area contributed by atoms with E-state index in [4.69, 9.17) is 21.7 Å². The van der Waals surface area contributed by atoms with Crippen LogP contribution in [0.1, 0.15) is 18.1 Å². The molecule has 1 aromatic heterocycles. The normalized spacial score (nSPS) is 15.7. The molecule has 1 aromatic carbocycles. The van der Waals surface area contributed by atoms with Crippen molar-refractivity contribution in [1.82, 2.24) is 14.7 Å². The minimum Gasteiger partial charge on any atom is -0.493 e. The lowest BCUT2D eigenvalue weighted by Crippen LogP contribution is -2.30. The molecule has 2 aromatic rings. The van der Waals surface area contributed by atoms with E-state index in [-0.39, 0.29) is 5.91 Å². The second-order valence-electron chi connectivity index (χ2n) is 5.90. The molecule has 8 heteroatoms. The fourth-order valence-electron chi connectivity index (χ4n) is 2.75. The lowest BCUT2D eigenvalue weighted by atomic mass is 10.1. The molecule has 0 spiro atoms. The van der Waals surface area contributed by atoms with Crippen LogP contribution < -0.4 is 9.47 Å². The summed E-state index contributed by atoms with van der Waals surface area (Å²) in [6.45, 7) is 3.33. The Morgan fingerprint density at radius 1 is 1.26 bits per heavy atom. The number of benzene rings is 1. The first kappa shape index (κ1) is 19.4. The molecule has 0 radical (unpaired) electrons. The number of thiocarbonyl (C=S) groups is 1. The van der Waals surface area contributed by atoms with Crippen molar-refractivity contribution in [2.75, 3.05) is 20.8 Å². The van der Waals surface area contributed by atoms with Crippen molar-refractivity contribution in [3.63, 3.8) is 0 Å². The van der Waals surface area contributed by atoms with Crippen LogP contribution in [0.4, 0.5) is 0 Å². The second-order valence-corrected chi connectivity index (χ2v) is 7.58. The summed E-state index contributed by atoms with van der Waals surface area (Å²) >= 11 is 6.73. The molecule has 142 valence electrons. The molecule has 2 heterocycles. The molecule has 0 N–H and O–H groups in total. The van der Waals surface area contributed by atoms with Crippen molar-refractivity contribution in [2.24, 2.45) is 0 Å². The van der Waals surface area contributed by atoms with Crippen molar-refractivity contribution in [1.29, 1.82) is 0 Å². The molecule has 1 fully saturated rings. The van der Waals surface area contributed by atoms with Crippen LogP contribution in [0.25, 0.3) is 6.08 Å². The third kappa shape index (κ3) is 4.33. The Bertz CT molecular complexity index is 892. The fraction of sp³-hybridized carbons (Fsp3) is 0.316. The number of amides is 1. The maximum atomic E-state index is 12.7. The number of rotatable bonds is 7. The summed E-state index contributed by atoms with van der Waals surface area (Å²) in [6.07, 6.45) is 6.18. The van der Waals surface area contributed by atoms with E-state index in [0.29, 0.717) is 33.7 Å². The Labute approximate surface area is 168 Å². The van der Waals surface area contributed by atoms with Gasteiger partial charge in [-0.05, 0) is 37.1 Å². The van der Waals surface area contributed by atoms with E-state index in [1.807, 2.05) is 42.1 Å². The first-order valence-electron chi connectivity index (χ1n) is 8.54. The zero-order valence-corrected chi connectivity index (χ0v) is 17.1. The maximum Gasteiger partial charge on any atom is 0.266 e. The first-order valence-corrected chi connectivity index (χ1v) is 9.77. The molecule has 0 bridgehead atoms. The molecule has 0 saturated carbocycles. The second kappa shape index (κ2) is 8.58. The van der Waals surface area contributed by atoms with Crippen LogP contribution in [-0.2, 0) is 17.8 Å². The Morgan fingerprint density at radius 3 is 2.70 bits per heavy atom. The Hall–Kier alpha value is -2.32. The number of carbonyl (C=O) groups is 1. The summed E-state index contributed by atoms with van der Waals surface area (Å²) in [6, 6.07) is 5.75. The van der Waals surface area contributed by atoms with Crippen molar-refractivity contribution in [2.45, 2.75) is 19.9 Å². The average molecular weight is 404 g/mol. The third-order valence-electron chi connectivity index (χ3n) is 4.22. The van der Waals surface area contributed by atoms with Gasteiger partial charge in [-0.2, -0.15) is 5.10 Å². The number of carbonyl (C=O) groups excluding carboxylic acids is 1. The number of thioether (sulfide) groups is 1. The molecule has 0 aliphatic carbocycles. The van der Waals surface area contributed by atoms with E-state index in [1.165, 1.54) is 11.8 Å². The van der Waals surface area contributed by atoms with Crippen LogP contribution in [0, 0.1) is 0 Å². The molecule has 6 nitrogen and oxygen atoms in total. The smallest absolute Gasteiger partial charge is 0.266 e. The molecule has 3 rings (SSSR count). The number of aromatic nitrogens is 2. The lowest BCUT2D eigenvalue weighted by molar-refractivity contribution is -0.122. The van der Waals surface area contributed by atoms with Crippen LogP contribution in [0.2, 0.25) is 0 Å². The summed E-state index contributed by atoms with van der Waals surface area (Å²) in [5.41, 5.74) is 1.95. The number of methoxy groups -OCH3 is 2. The Balaban J connectivity index is 1.69. The van der Waals surface area contributed by atoms with E-state index < -0.39 is 0 Å². The van der Waals surface area contributed by atoms with Gasteiger partial charge in [0.05, 0.1) is 25.3 Å². The highest BCUT2D eigenvalue weighted by atomic mass is 32.2. The molecular weight excluding hydrogens is 382 g/mol. The summed E-state index contributed by atoms with van der Waals surface area (Å²) in [4.78, 5) is 15.0. The van der Waals surface area contributed by atoms with Gasteiger partial charge in [0.2, 0.25) is 0 Å².